The Hall–Kier alpha value is -0.153. The molecule has 0 N–H and O–H groups in total. The van der Waals surface area contributed by atoms with Crippen molar-refractivity contribution in [2.75, 3.05) is 6.61 Å². The lowest BCUT2D eigenvalue weighted by molar-refractivity contribution is -0.134. The predicted octanol–water partition coefficient (Wildman–Crippen LogP) is 5.33. The number of carbonyl (C=O) groups is 1. The molecule has 0 amide bonds. The van der Waals surface area contributed by atoms with E-state index in [9.17, 15) is 4.79 Å². The maximum absolute atomic E-state index is 12.3. The van der Waals surface area contributed by atoms with Crippen molar-refractivity contribution in [2.24, 2.45) is 11.3 Å². The summed E-state index contributed by atoms with van der Waals surface area (Å²) in [5.74, 6) is 1.25. The fourth-order valence-corrected chi connectivity index (χ4v) is 4.71. The fourth-order valence-electron chi connectivity index (χ4n) is 3.62. The van der Waals surface area contributed by atoms with Gasteiger partial charge in [0.05, 0.1) is 0 Å². The van der Waals surface area contributed by atoms with Crippen molar-refractivity contribution in [3.05, 3.63) is 0 Å². The maximum atomic E-state index is 12.3. The number of ketones is 1. The van der Waals surface area contributed by atoms with E-state index in [0.29, 0.717) is 16.7 Å². The van der Waals surface area contributed by atoms with Crippen molar-refractivity contribution in [3.63, 3.8) is 0 Å². The van der Waals surface area contributed by atoms with E-state index in [0.717, 1.165) is 38.7 Å². The van der Waals surface area contributed by atoms with Gasteiger partial charge < -0.3 is 4.43 Å². The van der Waals surface area contributed by atoms with E-state index in [1.54, 1.807) is 0 Å². The molecule has 2 fully saturated rings. The lowest BCUT2D eigenvalue weighted by Crippen LogP contribution is -2.43. The van der Waals surface area contributed by atoms with Crippen LogP contribution < -0.4 is 0 Å². The van der Waals surface area contributed by atoms with E-state index in [-0.39, 0.29) is 5.41 Å². The highest BCUT2D eigenvalue weighted by Crippen LogP contribution is 2.47. The van der Waals surface area contributed by atoms with E-state index >= 15 is 0 Å². The molecule has 2 saturated carbocycles. The highest BCUT2D eigenvalue weighted by atomic mass is 28.4. The quantitative estimate of drug-likeness (QED) is 0.659. The average molecular weight is 311 g/mol. The molecule has 0 heterocycles. The first-order valence-electron chi connectivity index (χ1n) is 8.84. The smallest absolute Gasteiger partial charge is 0.191 e. The zero-order valence-corrected chi connectivity index (χ0v) is 15.8. The molecule has 2 aliphatic rings. The largest absolute Gasteiger partial charge is 0.417 e. The summed E-state index contributed by atoms with van der Waals surface area (Å²) in [6.45, 7) is 12.5. The highest BCUT2D eigenvalue weighted by Gasteiger charge is 2.43. The third-order valence-electron chi connectivity index (χ3n) is 6.45. The Bertz CT molecular complexity index is 373. The first-order chi connectivity index (χ1) is 9.66. The number of hydrogen-bond acceptors (Lipinski definition) is 2. The Morgan fingerprint density at radius 1 is 1.14 bits per heavy atom. The van der Waals surface area contributed by atoms with Gasteiger partial charge in [-0.15, -0.1) is 0 Å². The second-order valence-electron chi connectivity index (χ2n) is 8.93. The lowest BCUT2D eigenvalue weighted by atomic mass is 9.63. The van der Waals surface area contributed by atoms with Crippen LogP contribution in [-0.4, -0.2) is 20.7 Å². The van der Waals surface area contributed by atoms with Gasteiger partial charge in [-0.05, 0) is 62.6 Å². The summed E-state index contributed by atoms with van der Waals surface area (Å²) >= 11 is 0. The van der Waals surface area contributed by atoms with Gasteiger partial charge in [0.15, 0.2) is 8.32 Å². The molecule has 0 aromatic carbocycles. The van der Waals surface area contributed by atoms with Gasteiger partial charge in [0.2, 0.25) is 0 Å². The van der Waals surface area contributed by atoms with Crippen LogP contribution in [0.2, 0.25) is 18.1 Å². The molecule has 2 nitrogen and oxygen atoms in total. The van der Waals surface area contributed by atoms with Crippen LogP contribution in [0.3, 0.4) is 0 Å². The Morgan fingerprint density at radius 3 is 2.29 bits per heavy atom. The molecule has 2 rings (SSSR count). The molecule has 122 valence electrons. The maximum Gasteiger partial charge on any atom is 0.191 e. The topological polar surface area (TPSA) is 26.3 Å². The second-order valence-corrected chi connectivity index (χ2v) is 13.7. The van der Waals surface area contributed by atoms with Gasteiger partial charge in [-0.25, -0.2) is 0 Å². The van der Waals surface area contributed by atoms with Crippen molar-refractivity contribution in [1.82, 2.24) is 0 Å². The van der Waals surface area contributed by atoms with Crippen LogP contribution in [0, 0.1) is 11.3 Å². The van der Waals surface area contributed by atoms with Gasteiger partial charge in [-0.1, -0.05) is 27.2 Å². The lowest BCUT2D eigenvalue weighted by Gasteiger charge is -2.43. The van der Waals surface area contributed by atoms with Gasteiger partial charge in [0.25, 0.3) is 0 Å². The van der Waals surface area contributed by atoms with Crippen LogP contribution >= 0.6 is 0 Å². The number of Topliss-reactive ketones (excluding diaryl/α,β-unsaturated/α-hetero) is 1. The molecule has 0 unspecified atom stereocenters. The van der Waals surface area contributed by atoms with Crippen LogP contribution in [0.1, 0.15) is 72.1 Å². The molecule has 0 aliphatic heterocycles. The van der Waals surface area contributed by atoms with Gasteiger partial charge >= 0.3 is 0 Å². The van der Waals surface area contributed by atoms with E-state index in [4.69, 9.17) is 4.43 Å². The molecule has 3 heteroatoms. The van der Waals surface area contributed by atoms with Crippen LogP contribution in [0.5, 0.6) is 0 Å². The number of carbonyl (C=O) groups excluding carboxylic acids is 1. The summed E-state index contributed by atoms with van der Waals surface area (Å²) in [5, 5.41) is 0.294. The van der Waals surface area contributed by atoms with Gasteiger partial charge in [-0.3, -0.25) is 4.79 Å². The van der Waals surface area contributed by atoms with Crippen molar-refractivity contribution in [1.29, 1.82) is 0 Å². The summed E-state index contributed by atoms with van der Waals surface area (Å²) in [6, 6.07) is 0. The monoisotopic (exact) mass is 310 g/mol. The van der Waals surface area contributed by atoms with Crippen molar-refractivity contribution in [3.8, 4) is 0 Å². The molecule has 0 atom stereocenters. The molecule has 0 aromatic rings. The molecule has 1 spiro atoms. The van der Waals surface area contributed by atoms with Crippen molar-refractivity contribution >= 4 is 14.1 Å². The predicted molar refractivity (Wildman–Crippen MR) is 91.0 cm³/mol. The molecular weight excluding hydrogens is 276 g/mol. The summed E-state index contributed by atoms with van der Waals surface area (Å²) in [7, 11) is -1.62. The molecular formula is C18H34O2Si. The Kier molecular flexibility index (Phi) is 5.04. The molecule has 0 aromatic heterocycles. The SMILES string of the molecule is CC(C)(C)[Si](C)(C)OCC1CCC2(CCCCC2=O)CC1. The molecule has 0 bridgehead atoms. The van der Waals surface area contributed by atoms with E-state index in [1.165, 1.54) is 19.3 Å². The van der Waals surface area contributed by atoms with Gasteiger partial charge in [-0.2, -0.15) is 0 Å². The highest BCUT2D eigenvalue weighted by molar-refractivity contribution is 6.74. The van der Waals surface area contributed by atoms with Crippen molar-refractivity contribution in [2.45, 2.75) is 90.3 Å². The molecule has 0 radical (unpaired) electrons. The summed E-state index contributed by atoms with van der Waals surface area (Å²) < 4.78 is 6.39. The zero-order valence-electron chi connectivity index (χ0n) is 14.8. The summed E-state index contributed by atoms with van der Waals surface area (Å²) in [5.41, 5.74) is 0.0751. The minimum Gasteiger partial charge on any atom is -0.417 e. The zero-order chi connectivity index (χ0) is 15.7. The normalized spacial score (nSPS) is 31.7. The van der Waals surface area contributed by atoms with Gasteiger partial charge in [0, 0.05) is 18.4 Å². The standard InChI is InChI=1S/C18H34O2Si/c1-17(2,3)21(4,5)20-14-15-9-12-18(13-10-15)11-7-6-8-16(18)19/h15H,6-14H2,1-5H3. The molecule has 0 saturated heterocycles. The minimum absolute atomic E-state index is 0.0751. The molecule has 21 heavy (non-hydrogen) atoms. The Balaban J connectivity index is 1.83. The third-order valence-corrected chi connectivity index (χ3v) is 10.9. The first-order valence-corrected chi connectivity index (χ1v) is 11.7. The Morgan fingerprint density at radius 2 is 1.76 bits per heavy atom. The van der Waals surface area contributed by atoms with E-state index < -0.39 is 8.32 Å². The van der Waals surface area contributed by atoms with Crippen LogP contribution in [0.4, 0.5) is 0 Å². The Labute approximate surface area is 132 Å². The summed E-state index contributed by atoms with van der Waals surface area (Å²) in [6.07, 6.45) is 9.01. The molecule has 2 aliphatic carbocycles. The fraction of sp³-hybridized carbons (Fsp3) is 0.944. The van der Waals surface area contributed by atoms with Crippen molar-refractivity contribution < 1.29 is 9.22 Å². The third kappa shape index (κ3) is 3.79. The number of hydrogen-bond donors (Lipinski definition) is 0. The number of rotatable bonds is 3. The van der Waals surface area contributed by atoms with E-state index in [1.807, 2.05) is 0 Å². The van der Waals surface area contributed by atoms with Crippen LogP contribution in [-0.2, 0) is 9.22 Å². The first kappa shape index (κ1) is 17.2. The van der Waals surface area contributed by atoms with E-state index in [2.05, 4.69) is 33.9 Å². The van der Waals surface area contributed by atoms with Gasteiger partial charge in [0.1, 0.15) is 5.78 Å². The summed E-state index contributed by atoms with van der Waals surface area (Å²) in [4.78, 5) is 12.3. The van der Waals surface area contributed by atoms with Crippen LogP contribution in [0.15, 0.2) is 0 Å². The van der Waals surface area contributed by atoms with Crippen LogP contribution in [0.25, 0.3) is 0 Å². The average Bonchev–Trinajstić information content (AvgIpc) is 2.40. The minimum atomic E-state index is -1.62. The second kappa shape index (κ2) is 6.15.